The third-order valence-electron chi connectivity index (χ3n) is 3.46. The van der Waals surface area contributed by atoms with Crippen molar-refractivity contribution < 1.29 is 23.8 Å². The van der Waals surface area contributed by atoms with Gasteiger partial charge in [0, 0.05) is 20.2 Å². The van der Waals surface area contributed by atoms with Crippen LogP contribution in [0.5, 0.6) is 0 Å². The molecule has 0 N–H and O–H groups in total. The van der Waals surface area contributed by atoms with E-state index < -0.39 is 6.04 Å². The fraction of sp³-hybridized carbons (Fsp3) is 0.556. The fourth-order valence-electron chi connectivity index (χ4n) is 2.35. The Morgan fingerprint density at radius 2 is 1.75 bits per heavy atom. The lowest BCUT2D eigenvalue weighted by atomic mass is 10.1. The first kappa shape index (κ1) is 20.1. The van der Waals surface area contributed by atoms with Gasteiger partial charge < -0.3 is 14.2 Å². The molecular weight excluding hydrogens is 310 g/mol. The number of esters is 2. The average molecular weight is 337 g/mol. The molecule has 0 radical (unpaired) electrons. The number of ether oxygens (including phenoxy) is 3. The molecule has 0 aliphatic carbocycles. The quantitative estimate of drug-likeness (QED) is 0.576. The van der Waals surface area contributed by atoms with Crippen LogP contribution in [0.3, 0.4) is 0 Å². The van der Waals surface area contributed by atoms with E-state index in [4.69, 9.17) is 14.2 Å². The van der Waals surface area contributed by atoms with Gasteiger partial charge >= 0.3 is 11.9 Å². The van der Waals surface area contributed by atoms with Crippen molar-refractivity contribution >= 4 is 11.9 Å². The number of hydrogen-bond donors (Lipinski definition) is 0. The van der Waals surface area contributed by atoms with Crippen molar-refractivity contribution in [3.63, 3.8) is 0 Å². The molecule has 0 saturated heterocycles. The molecule has 1 aromatic rings. The minimum absolute atomic E-state index is 0.203. The molecule has 0 aliphatic heterocycles. The first-order valence-corrected chi connectivity index (χ1v) is 8.21. The first-order valence-electron chi connectivity index (χ1n) is 8.21. The number of rotatable bonds is 11. The van der Waals surface area contributed by atoms with Crippen LogP contribution >= 0.6 is 0 Å². The molecule has 0 heterocycles. The topological polar surface area (TPSA) is 65.1 Å². The van der Waals surface area contributed by atoms with Gasteiger partial charge in [0.25, 0.3) is 0 Å². The lowest BCUT2D eigenvalue weighted by Gasteiger charge is -2.29. The van der Waals surface area contributed by atoms with Crippen molar-refractivity contribution in [1.82, 2.24) is 4.90 Å². The Morgan fingerprint density at radius 1 is 1.08 bits per heavy atom. The van der Waals surface area contributed by atoms with E-state index in [1.165, 1.54) is 7.11 Å². The molecule has 6 nitrogen and oxygen atoms in total. The Bertz CT molecular complexity index is 491. The summed E-state index contributed by atoms with van der Waals surface area (Å²) in [7, 11) is 1.54. The lowest BCUT2D eigenvalue weighted by molar-refractivity contribution is -0.153. The molecule has 1 atom stereocenters. The van der Waals surface area contributed by atoms with Gasteiger partial charge in [-0.05, 0) is 19.4 Å². The van der Waals surface area contributed by atoms with Crippen molar-refractivity contribution in [3.8, 4) is 0 Å². The minimum Gasteiger partial charge on any atom is -0.466 e. The van der Waals surface area contributed by atoms with Gasteiger partial charge in [-0.1, -0.05) is 30.3 Å². The van der Waals surface area contributed by atoms with E-state index in [0.29, 0.717) is 26.3 Å². The molecule has 0 bridgehead atoms. The second-order valence-corrected chi connectivity index (χ2v) is 5.23. The predicted octanol–water partition coefficient (Wildman–Crippen LogP) is 2.02. The van der Waals surface area contributed by atoms with Crippen LogP contribution in [0.2, 0.25) is 0 Å². The highest BCUT2D eigenvalue weighted by molar-refractivity contribution is 5.76. The molecule has 6 heteroatoms. The molecule has 0 aliphatic rings. The van der Waals surface area contributed by atoms with Gasteiger partial charge in [0.15, 0.2) is 0 Å². The van der Waals surface area contributed by atoms with E-state index in [-0.39, 0.29) is 25.0 Å². The molecule has 24 heavy (non-hydrogen) atoms. The maximum atomic E-state index is 12.3. The van der Waals surface area contributed by atoms with Gasteiger partial charge in [0.05, 0.1) is 26.2 Å². The summed E-state index contributed by atoms with van der Waals surface area (Å²) in [5.74, 6) is -0.630. The summed E-state index contributed by atoms with van der Waals surface area (Å²) < 4.78 is 15.3. The van der Waals surface area contributed by atoms with E-state index in [1.54, 1.807) is 13.8 Å². The summed E-state index contributed by atoms with van der Waals surface area (Å²) in [6.45, 7) is 5.29. The number of carbonyl (C=O) groups is 2. The SMILES string of the molecule is CCOC(=O)CCN(Cc1ccccc1)[C@@H](COC)C(=O)OCC. The number of methoxy groups -OCH3 is 1. The summed E-state index contributed by atoms with van der Waals surface area (Å²) in [5, 5.41) is 0. The Balaban J connectivity index is 2.86. The van der Waals surface area contributed by atoms with E-state index in [2.05, 4.69) is 0 Å². The van der Waals surface area contributed by atoms with Crippen molar-refractivity contribution in [1.29, 1.82) is 0 Å². The molecular formula is C18H27NO5. The Kier molecular flexibility index (Phi) is 9.72. The molecule has 0 saturated carbocycles. The van der Waals surface area contributed by atoms with Crippen LogP contribution < -0.4 is 0 Å². The number of hydrogen-bond acceptors (Lipinski definition) is 6. The van der Waals surface area contributed by atoms with Crippen molar-refractivity contribution in [2.24, 2.45) is 0 Å². The van der Waals surface area contributed by atoms with Crippen LogP contribution in [0, 0.1) is 0 Å². The highest BCUT2D eigenvalue weighted by Crippen LogP contribution is 2.12. The van der Waals surface area contributed by atoms with E-state index >= 15 is 0 Å². The number of carbonyl (C=O) groups excluding carboxylic acids is 2. The van der Waals surface area contributed by atoms with Gasteiger partial charge in [-0.25, -0.2) is 0 Å². The van der Waals surface area contributed by atoms with Gasteiger partial charge in [-0.15, -0.1) is 0 Å². The largest absolute Gasteiger partial charge is 0.466 e. The normalized spacial score (nSPS) is 12.0. The van der Waals surface area contributed by atoms with Crippen LogP contribution in [0.15, 0.2) is 30.3 Å². The minimum atomic E-state index is -0.565. The molecule has 1 aromatic carbocycles. The van der Waals surface area contributed by atoms with Gasteiger partial charge in [-0.2, -0.15) is 0 Å². The van der Waals surface area contributed by atoms with Crippen molar-refractivity contribution in [3.05, 3.63) is 35.9 Å². The predicted molar refractivity (Wildman–Crippen MR) is 90.4 cm³/mol. The van der Waals surface area contributed by atoms with Crippen LogP contribution in [0.4, 0.5) is 0 Å². The van der Waals surface area contributed by atoms with Gasteiger partial charge in [0.2, 0.25) is 0 Å². The smallest absolute Gasteiger partial charge is 0.325 e. The van der Waals surface area contributed by atoms with E-state index in [0.717, 1.165) is 5.56 Å². The molecule has 0 fully saturated rings. The molecule has 0 amide bonds. The molecule has 0 aromatic heterocycles. The Morgan fingerprint density at radius 3 is 2.33 bits per heavy atom. The monoisotopic (exact) mass is 337 g/mol. The van der Waals surface area contributed by atoms with Crippen LogP contribution in [-0.4, -0.2) is 56.4 Å². The van der Waals surface area contributed by atoms with E-state index in [9.17, 15) is 9.59 Å². The third kappa shape index (κ3) is 7.10. The second-order valence-electron chi connectivity index (χ2n) is 5.23. The van der Waals surface area contributed by atoms with Gasteiger partial charge in [-0.3, -0.25) is 14.5 Å². The van der Waals surface area contributed by atoms with Crippen molar-refractivity contribution in [2.75, 3.05) is 33.5 Å². The summed E-state index contributed by atoms with van der Waals surface area (Å²) in [6.07, 6.45) is 0.209. The summed E-state index contributed by atoms with van der Waals surface area (Å²) in [6, 6.07) is 9.20. The van der Waals surface area contributed by atoms with Crippen LogP contribution in [-0.2, 0) is 30.3 Å². The van der Waals surface area contributed by atoms with Crippen molar-refractivity contribution in [2.45, 2.75) is 32.9 Å². The highest BCUT2D eigenvalue weighted by Gasteiger charge is 2.28. The Labute approximate surface area is 143 Å². The zero-order valence-electron chi connectivity index (χ0n) is 14.7. The average Bonchev–Trinajstić information content (AvgIpc) is 2.58. The lowest BCUT2D eigenvalue weighted by Crippen LogP contribution is -2.45. The maximum Gasteiger partial charge on any atom is 0.325 e. The molecule has 1 rings (SSSR count). The number of benzene rings is 1. The van der Waals surface area contributed by atoms with Crippen LogP contribution in [0.25, 0.3) is 0 Å². The van der Waals surface area contributed by atoms with Crippen LogP contribution in [0.1, 0.15) is 25.8 Å². The molecule has 0 spiro atoms. The molecule has 0 unspecified atom stereocenters. The highest BCUT2D eigenvalue weighted by atomic mass is 16.5. The van der Waals surface area contributed by atoms with E-state index in [1.807, 2.05) is 35.2 Å². The maximum absolute atomic E-state index is 12.3. The summed E-state index contributed by atoms with van der Waals surface area (Å²) in [4.78, 5) is 25.9. The first-order chi connectivity index (χ1) is 11.6. The zero-order valence-corrected chi connectivity index (χ0v) is 14.7. The third-order valence-corrected chi connectivity index (χ3v) is 3.46. The Hall–Kier alpha value is -1.92. The summed E-state index contributed by atoms with van der Waals surface area (Å²) in [5.41, 5.74) is 1.05. The fourth-order valence-corrected chi connectivity index (χ4v) is 2.35. The molecule has 134 valence electrons. The second kappa shape index (κ2) is 11.6. The van der Waals surface area contributed by atoms with Gasteiger partial charge in [0.1, 0.15) is 6.04 Å². The number of nitrogens with zero attached hydrogens (tertiary/aromatic N) is 1. The summed E-state index contributed by atoms with van der Waals surface area (Å²) >= 11 is 0. The standard InChI is InChI=1S/C18H27NO5/c1-4-23-17(20)11-12-19(13-15-9-7-6-8-10-15)16(14-22-3)18(21)24-5-2/h6-10,16H,4-5,11-14H2,1-3H3/t16-/m0/s1. The zero-order chi connectivity index (χ0) is 17.8.